The highest BCUT2D eigenvalue weighted by Gasteiger charge is 2.20. The number of halogens is 2. The van der Waals surface area contributed by atoms with Gasteiger partial charge in [0.15, 0.2) is 0 Å². The van der Waals surface area contributed by atoms with Crippen LogP contribution in [0, 0.1) is 11.6 Å². The van der Waals surface area contributed by atoms with E-state index in [4.69, 9.17) is 4.74 Å². The zero-order chi connectivity index (χ0) is 9.42. The number of ether oxygens (including phenoxy) is 1. The quantitative estimate of drug-likeness (QED) is 0.602. The van der Waals surface area contributed by atoms with Crippen molar-refractivity contribution in [1.29, 1.82) is 0 Å². The average Bonchev–Trinajstić information content (AvgIpc) is 2.07. The Kier molecular flexibility index (Phi) is 2.04. The van der Waals surface area contributed by atoms with Gasteiger partial charge in [-0.3, -0.25) is 0 Å². The van der Waals surface area contributed by atoms with Crippen molar-refractivity contribution < 1.29 is 13.5 Å². The second-order valence-electron chi connectivity index (χ2n) is 3.22. The molecule has 1 aromatic carbocycles. The lowest BCUT2D eigenvalue weighted by Gasteiger charge is -2.23. The summed E-state index contributed by atoms with van der Waals surface area (Å²) in [6.45, 7) is 2.31. The standard InChI is InChI=1S/C10H10F2O/c1-6-9-4-7(11)5-10(12)8(9)2-3-13-6/h4-6H,2-3H2,1H3/t6-/m0/s1. The van der Waals surface area contributed by atoms with Crippen molar-refractivity contribution in [1.82, 2.24) is 0 Å². The van der Waals surface area contributed by atoms with Gasteiger partial charge < -0.3 is 4.74 Å². The molecule has 2 rings (SSSR count). The fraction of sp³-hybridized carbons (Fsp3) is 0.400. The first-order chi connectivity index (χ1) is 6.18. The molecule has 0 aromatic heterocycles. The van der Waals surface area contributed by atoms with Crippen LogP contribution in [0.4, 0.5) is 8.78 Å². The molecule has 0 saturated carbocycles. The number of benzene rings is 1. The Labute approximate surface area is 75.3 Å². The molecule has 0 amide bonds. The molecule has 1 heterocycles. The van der Waals surface area contributed by atoms with Crippen molar-refractivity contribution in [2.45, 2.75) is 19.4 Å². The Hall–Kier alpha value is -0.960. The minimum absolute atomic E-state index is 0.200. The van der Waals surface area contributed by atoms with Crippen LogP contribution in [-0.4, -0.2) is 6.61 Å². The summed E-state index contributed by atoms with van der Waals surface area (Å²) in [4.78, 5) is 0. The summed E-state index contributed by atoms with van der Waals surface area (Å²) >= 11 is 0. The van der Waals surface area contributed by atoms with E-state index in [0.717, 1.165) is 6.07 Å². The van der Waals surface area contributed by atoms with E-state index >= 15 is 0 Å². The number of hydrogen-bond donors (Lipinski definition) is 0. The summed E-state index contributed by atoms with van der Waals surface area (Å²) < 4.78 is 31.3. The molecule has 3 heteroatoms. The first kappa shape index (κ1) is 8.63. The van der Waals surface area contributed by atoms with Crippen molar-refractivity contribution in [2.24, 2.45) is 0 Å². The molecule has 0 N–H and O–H groups in total. The van der Waals surface area contributed by atoms with Gasteiger partial charge >= 0.3 is 0 Å². The van der Waals surface area contributed by atoms with E-state index in [0.29, 0.717) is 24.2 Å². The first-order valence-corrected chi connectivity index (χ1v) is 4.28. The van der Waals surface area contributed by atoms with Gasteiger partial charge in [0.05, 0.1) is 12.7 Å². The van der Waals surface area contributed by atoms with Gasteiger partial charge in [0.1, 0.15) is 11.6 Å². The molecule has 1 aliphatic heterocycles. The van der Waals surface area contributed by atoms with Crippen LogP contribution in [0.1, 0.15) is 24.2 Å². The Bertz CT molecular complexity index is 336. The maximum atomic E-state index is 13.2. The molecule has 0 saturated heterocycles. The lowest BCUT2D eigenvalue weighted by molar-refractivity contribution is 0.0540. The lowest BCUT2D eigenvalue weighted by atomic mass is 9.98. The molecule has 0 bridgehead atoms. The van der Waals surface area contributed by atoms with E-state index < -0.39 is 11.6 Å². The predicted octanol–water partition coefficient (Wildman–Crippen LogP) is 2.60. The average molecular weight is 184 g/mol. The second-order valence-corrected chi connectivity index (χ2v) is 3.22. The van der Waals surface area contributed by atoms with Crippen LogP contribution in [0.3, 0.4) is 0 Å². The number of fused-ring (bicyclic) bond motifs is 1. The van der Waals surface area contributed by atoms with Crippen LogP contribution in [-0.2, 0) is 11.2 Å². The van der Waals surface area contributed by atoms with E-state index in [9.17, 15) is 8.78 Å². The maximum absolute atomic E-state index is 13.2. The van der Waals surface area contributed by atoms with Crippen LogP contribution >= 0.6 is 0 Å². The highest BCUT2D eigenvalue weighted by atomic mass is 19.1. The van der Waals surface area contributed by atoms with Gasteiger partial charge in [-0.2, -0.15) is 0 Å². The van der Waals surface area contributed by atoms with Gasteiger partial charge in [0.2, 0.25) is 0 Å². The van der Waals surface area contributed by atoms with Gasteiger partial charge in [-0.25, -0.2) is 8.78 Å². The zero-order valence-electron chi connectivity index (χ0n) is 7.31. The second kappa shape index (κ2) is 3.07. The minimum Gasteiger partial charge on any atom is -0.373 e. The molecule has 1 atom stereocenters. The Morgan fingerprint density at radius 1 is 1.38 bits per heavy atom. The molecular weight excluding hydrogens is 174 g/mol. The summed E-state index contributed by atoms with van der Waals surface area (Å²) in [6, 6.07) is 2.28. The van der Waals surface area contributed by atoms with Gasteiger partial charge in [-0.1, -0.05) is 0 Å². The van der Waals surface area contributed by atoms with E-state index in [2.05, 4.69) is 0 Å². The van der Waals surface area contributed by atoms with Gasteiger partial charge in [0, 0.05) is 6.07 Å². The van der Waals surface area contributed by atoms with Crippen molar-refractivity contribution >= 4 is 0 Å². The van der Waals surface area contributed by atoms with Crippen molar-refractivity contribution in [2.75, 3.05) is 6.61 Å². The topological polar surface area (TPSA) is 9.23 Å². The van der Waals surface area contributed by atoms with Crippen LogP contribution in [0.5, 0.6) is 0 Å². The van der Waals surface area contributed by atoms with E-state index in [1.54, 1.807) is 6.92 Å². The molecule has 1 aliphatic rings. The lowest BCUT2D eigenvalue weighted by Crippen LogP contribution is -2.15. The third kappa shape index (κ3) is 1.44. The SMILES string of the molecule is C[C@@H]1OCCc2c(F)cc(F)cc21. The van der Waals surface area contributed by atoms with Gasteiger partial charge in [0.25, 0.3) is 0 Å². The molecular formula is C10H10F2O. The molecule has 0 unspecified atom stereocenters. The molecule has 0 radical (unpaired) electrons. The van der Waals surface area contributed by atoms with E-state index in [1.807, 2.05) is 0 Å². The van der Waals surface area contributed by atoms with Crippen LogP contribution in [0.15, 0.2) is 12.1 Å². The predicted molar refractivity (Wildman–Crippen MR) is 44.4 cm³/mol. The maximum Gasteiger partial charge on any atom is 0.129 e. The summed E-state index contributed by atoms with van der Waals surface area (Å²) in [6.07, 6.45) is 0.333. The Morgan fingerprint density at radius 2 is 2.15 bits per heavy atom. The third-order valence-corrected chi connectivity index (χ3v) is 2.35. The monoisotopic (exact) mass is 184 g/mol. The summed E-state index contributed by atoms with van der Waals surface area (Å²) in [7, 11) is 0. The Morgan fingerprint density at radius 3 is 2.92 bits per heavy atom. The molecule has 13 heavy (non-hydrogen) atoms. The molecule has 0 spiro atoms. The Balaban J connectivity index is 2.56. The van der Waals surface area contributed by atoms with Crippen molar-refractivity contribution in [3.05, 3.63) is 34.9 Å². The number of hydrogen-bond acceptors (Lipinski definition) is 1. The van der Waals surface area contributed by atoms with Gasteiger partial charge in [-0.05, 0) is 30.5 Å². The molecule has 1 nitrogen and oxygen atoms in total. The number of rotatable bonds is 0. The van der Waals surface area contributed by atoms with E-state index in [-0.39, 0.29) is 6.10 Å². The molecule has 70 valence electrons. The molecule has 1 aromatic rings. The van der Waals surface area contributed by atoms with Crippen LogP contribution in [0.2, 0.25) is 0 Å². The molecule has 0 fully saturated rings. The highest BCUT2D eigenvalue weighted by molar-refractivity contribution is 5.32. The van der Waals surface area contributed by atoms with Crippen molar-refractivity contribution in [3.63, 3.8) is 0 Å². The zero-order valence-corrected chi connectivity index (χ0v) is 7.31. The third-order valence-electron chi connectivity index (χ3n) is 2.35. The van der Waals surface area contributed by atoms with Crippen LogP contribution in [0.25, 0.3) is 0 Å². The highest BCUT2D eigenvalue weighted by Crippen LogP contribution is 2.29. The summed E-state index contributed by atoms with van der Waals surface area (Å²) in [5.74, 6) is -0.987. The van der Waals surface area contributed by atoms with Crippen molar-refractivity contribution in [3.8, 4) is 0 Å². The first-order valence-electron chi connectivity index (χ1n) is 4.28. The van der Waals surface area contributed by atoms with Gasteiger partial charge in [-0.15, -0.1) is 0 Å². The summed E-state index contributed by atoms with van der Waals surface area (Å²) in [5, 5.41) is 0. The smallest absolute Gasteiger partial charge is 0.129 e. The fourth-order valence-corrected chi connectivity index (χ4v) is 1.68. The fourth-order valence-electron chi connectivity index (χ4n) is 1.68. The normalized spacial score (nSPS) is 21.3. The van der Waals surface area contributed by atoms with Crippen LogP contribution < -0.4 is 0 Å². The summed E-state index contributed by atoms with van der Waals surface area (Å²) in [5.41, 5.74) is 1.24. The van der Waals surface area contributed by atoms with E-state index in [1.165, 1.54) is 6.07 Å². The molecule has 0 aliphatic carbocycles. The largest absolute Gasteiger partial charge is 0.373 e. The minimum atomic E-state index is -0.534.